The molecule has 3 aromatic rings. The molecule has 0 radical (unpaired) electrons. The number of pyridine rings is 1. The van der Waals surface area contributed by atoms with Gasteiger partial charge in [0.1, 0.15) is 5.82 Å². The molecule has 1 aromatic carbocycles. The molecule has 0 atom stereocenters. The van der Waals surface area contributed by atoms with Crippen LogP contribution in [0, 0.1) is 5.82 Å². The van der Waals surface area contributed by atoms with Gasteiger partial charge in [-0.15, -0.1) is 0 Å². The first kappa shape index (κ1) is 16.6. The number of piperazine rings is 1. The van der Waals surface area contributed by atoms with Crippen LogP contribution in [0.2, 0.25) is 0 Å². The van der Waals surface area contributed by atoms with E-state index in [1.807, 2.05) is 36.5 Å². The molecule has 1 saturated heterocycles. The average molecular weight is 349 g/mol. The number of hydrogen-bond donors (Lipinski definition) is 0. The van der Waals surface area contributed by atoms with Crippen LogP contribution in [0.4, 0.5) is 10.3 Å². The Kier molecular flexibility index (Phi) is 4.84. The zero-order valence-electron chi connectivity index (χ0n) is 14.4. The number of hydrogen-bond acceptors (Lipinski definition) is 5. The minimum atomic E-state index is -0.191. The lowest BCUT2D eigenvalue weighted by molar-refractivity contribution is 0.248. The fourth-order valence-corrected chi connectivity index (χ4v) is 3.13. The SMILES string of the molecule is Fc1ccc(CN2CCN(c3nccc(-c4cccnc4)n3)CC2)cc1. The van der Waals surface area contributed by atoms with E-state index in [-0.39, 0.29) is 5.82 Å². The molecule has 0 N–H and O–H groups in total. The summed E-state index contributed by atoms with van der Waals surface area (Å²) in [5.41, 5.74) is 3.01. The normalized spacial score (nSPS) is 15.2. The topological polar surface area (TPSA) is 45.2 Å². The standard InChI is InChI=1S/C20H20FN5/c21-18-5-3-16(4-6-18)15-25-10-12-26(13-11-25)20-23-9-7-19(24-20)17-2-1-8-22-14-17/h1-9,14H,10-13,15H2. The highest BCUT2D eigenvalue weighted by Gasteiger charge is 2.19. The summed E-state index contributed by atoms with van der Waals surface area (Å²) in [5.74, 6) is 0.567. The van der Waals surface area contributed by atoms with Gasteiger partial charge in [-0.05, 0) is 35.9 Å². The molecule has 132 valence electrons. The van der Waals surface area contributed by atoms with Gasteiger partial charge in [-0.2, -0.15) is 0 Å². The van der Waals surface area contributed by atoms with E-state index >= 15 is 0 Å². The monoisotopic (exact) mass is 349 g/mol. The van der Waals surface area contributed by atoms with Crippen LogP contribution in [-0.4, -0.2) is 46.0 Å². The number of anilines is 1. The van der Waals surface area contributed by atoms with E-state index in [2.05, 4.69) is 19.8 Å². The van der Waals surface area contributed by atoms with Crippen molar-refractivity contribution in [2.45, 2.75) is 6.54 Å². The molecule has 4 rings (SSSR count). The number of benzene rings is 1. The lowest BCUT2D eigenvalue weighted by Gasteiger charge is -2.34. The van der Waals surface area contributed by atoms with Crippen molar-refractivity contribution < 1.29 is 4.39 Å². The fraction of sp³-hybridized carbons (Fsp3) is 0.250. The molecule has 0 unspecified atom stereocenters. The van der Waals surface area contributed by atoms with Gasteiger partial charge in [-0.3, -0.25) is 9.88 Å². The predicted octanol–water partition coefficient (Wildman–Crippen LogP) is 3.00. The van der Waals surface area contributed by atoms with E-state index in [0.29, 0.717) is 0 Å². The second-order valence-electron chi connectivity index (χ2n) is 6.37. The van der Waals surface area contributed by atoms with Crippen molar-refractivity contribution in [3.63, 3.8) is 0 Å². The van der Waals surface area contributed by atoms with Gasteiger partial charge in [-0.25, -0.2) is 14.4 Å². The molecule has 1 fully saturated rings. The third kappa shape index (κ3) is 3.86. The summed E-state index contributed by atoms with van der Waals surface area (Å²) in [4.78, 5) is 17.9. The minimum absolute atomic E-state index is 0.191. The van der Waals surface area contributed by atoms with E-state index in [1.165, 1.54) is 12.1 Å². The third-order valence-electron chi connectivity index (χ3n) is 4.57. The van der Waals surface area contributed by atoms with Crippen molar-refractivity contribution in [2.75, 3.05) is 31.1 Å². The van der Waals surface area contributed by atoms with Crippen molar-refractivity contribution >= 4 is 5.95 Å². The van der Waals surface area contributed by atoms with Crippen molar-refractivity contribution in [1.29, 1.82) is 0 Å². The average Bonchev–Trinajstić information content (AvgIpc) is 2.71. The van der Waals surface area contributed by atoms with Gasteiger partial charge in [0, 0.05) is 56.9 Å². The summed E-state index contributed by atoms with van der Waals surface area (Å²) < 4.78 is 13.0. The van der Waals surface area contributed by atoms with Crippen molar-refractivity contribution in [1.82, 2.24) is 19.9 Å². The Morgan fingerprint density at radius 2 is 1.73 bits per heavy atom. The fourth-order valence-electron chi connectivity index (χ4n) is 3.13. The first-order valence-corrected chi connectivity index (χ1v) is 8.73. The van der Waals surface area contributed by atoms with Crippen molar-refractivity contribution in [2.24, 2.45) is 0 Å². The Hall–Kier alpha value is -2.86. The highest BCUT2D eigenvalue weighted by molar-refractivity contribution is 5.58. The molecule has 1 aliphatic heterocycles. The van der Waals surface area contributed by atoms with Gasteiger partial charge in [-0.1, -0.05) is 12.1 Å². The highest BCUT2D eigenvalue weighted by Crippen LogP contribution is 2.19. The molecule has 2 aromatic heterocycles. The van der Waals surface area contributed by atoms with E-state index in [4.69, 9.17) is 4.98 Å². The molecular formula is C20H20FN5. The third-order valence-corrected chi connectivity index (χ3v) is 4.57. The maximum absolute atomic E-state index is 13.0. The van der Waals surface area contributed by atoms with E-state index in [1.54, 1.807) is 12.4 Å². The first-order valence-electron chi connectivity index (χ1n) is 8.73. The van der Waals surface area contributed by atoms with E-state index < -0.39 is 0 Å². The van der Waals surface area contributed by atoms with Crippen LogP contribution in [0.3, 0.4) is 0 Å². The Morgan fingerprint density at radius 3 is 2.46 bits per heavy atom. The molecule has 1 aliphatic rings. The lowest BCUT2D eigenvalue weighted by Crippen LogP contribution is -2.46. The van der Waals surface area contributed by atoms with Crippen LogP contribution in [-0.2, 0) is 6.54 Å². The zero-order valence-corrected chi connectivity index (χ0v) is 14.4. The first-order chi connectivity index (χ1) is 12.8. The molecule has 0 spiro atoms. The van der Waals surface area contributed by atoms with Gasteiger partial charge in [0.05, 0.1) is 5.69 Å². The summed E-state index contributed by atoms with van der Waals surface area (Å²) in [6.45, 7) is 4.44. The van der Waals surface area contributed by atoms with Crippen LogP contribution in [0.25, 0.3) is 11.3 Å². The van der Waals surface area contributed by atoms with Crippen molar-refractivity contribution in [3.8, 4) is 11.3 Å². The Morgan fingerprint density at radius 1 is 0.923 bits per heavy atom. The molecule has 3 heterocycles. The summed E-state index contributed by atoms with van der Waals surface area (Å²) >= 11 is 0. The smallest absolute Gasteiger partial charge is 0.225 e. The van der Waals surface area contributed by atoms with Gasteiger partial charge in [0.2, 0.25) is 5.95 Å². The molecule has 0 aliphatic carbocycles. The minimum Gasteiger partial charge on any atom is -0.338 e. The summed E-state index contributed by atoms with van der Waals surface area (Å²) in [7, 11) is 0. The number of nitrogens with zero attached hydrogens (tertiary/aromatic N) is 5. The second-order valence-corrected chi connectivity index (χ2v) is 6.37. The molecule has 5 nitrogen and oxygen atoms in total. The van der Waals surface area contributed by atoms with Gasteiger partial charge in [0.25, 0.3) is 0 Å². The van der Waals surface area contributed by atoms with Crippen LogP contribution in [0.15, 0.2) is 61.1 Å². The molecule has 0 bridgehead atoms. The van der Waals surface area contributed by atoms with E-state index in [0.717, 1.165) is 55.5 Å². The Balaban J connectivity index is 1.39. The van der Waals surface area contributed by atoms with E-state index in [9.17, 15) is 4.39 Å². The molecular weight excluding hydrogens is 329 g/mol. The molecule has 6 heteroatoms. The second kappa shape index (κ2) is 7.58. The highest BCUT2D eigenvalue weighted by atomic mass is 19.1. The predicted molar refractivity (Wildman–Crippen MR) is 99.2 cm³/mol. The van der Waals surface area contributed by atoms with Crippen molar-refractivity contribution in [3.05, 3.63) is 72.4 Å². The molecule has 26 heavy (non-hydrogen) atoms. The van der Waals surface area contributed by atoms with Gasteiger partial charge < -0.3 is 4.90 Å². The maximum atomic E-state index is 13.0. The van der Waals surface area contributed by atoms with Crippen LogP contribution in [0.5, 0.6) is 0 Å². The van der Waals surface area contributed by atoms with Crippen LogP contribution in [0.1, 0.15) is 5.56 Å². The van der Waals surface area contributed by atoms with Gasteiger partial charge >= 0.3 is 0 Å². The number of halogens is 1. The Bertz CT molecular complexity index is 846. The van der Waals surface area contributed by atoms with Crippen LogP contribution < -0.4 is 4.90 Å². The van der Waals surface area contributed by atoms with Gasteiger partial charge in [0.15, 0.2) is 0 Å². The summed E-state index contributed by atoms with van der Waals surface area (Å²) in [6.07, 6.45) is 5.37. The summed E-state index contributed by atoms with van der Waals surface area (Å²) in [5, 5.41) is 0. The zero-order chi connectivity index (χ0) is 17.8. The number of aromatic nitrogens is 3. The van der Waals surface area contributed by atoms with Crippen LogP contribution >= 0.6 is 0 Å². The quantitative estimate of drug-likeness (QED) is 0.725. The largest absolute Gasteiger partial charge is 0.338 e. The lowest BCUT2D eigenvalue weighted by atomic mass is 10.2. The molecule has 0 amide bonds. The Labute approximate surface area is 152 Å². The molecule has 0 saturated carbocycles. The maximum Gasteiger partial charge on any atom is 0.225 e. The number of rotatable bonds is 4. The summed E-state index contributed by atoms with van der Waals surface area (Å²) in [6, 6.07) is 12.5.